The van der Waals surface area contributed by atoms with Crippen molar-refractivity contribution in [2.75, 3.05) is 51.9 Å². The summed E-state index contributed by atoms with van der Waals surface area (Å²) in [5.74, 6) is 1.72. The minimum absolute atomic E-state index is 0.232. The lowest BCUT2D eigenvalue weighted by atomic mass is 9.95. The molecule has 1 aromatic heterocycles. The van der Waals surface area contributed by atoms with Crippen LogP contribution in [-0.4, -0.2) is 73.8 Å². The first-order chi connectivity index (χ1) is 15.2. The molecule has 2 aromatic rings. The summed E-state index contributed by atoms with van der Waals surface area (Å²) in [5.41, 5.74) is 2.87. The number of nitrogens with one attached hydrogen (secondary N) is 2. The Morgan fingerprint density at radius 3 is 2.74 bits per heavy atom. The smallest absolute Gasteiger partial charge is 0.223 e. The standard InChI is InChI=1S/C23H32N4O4/c1-24-13-19(28)15-31-20-4-2-3-17(11-20)22-12-21(16-5-8-29-9-6-16)26-23(27-22)25-18-7-10-30-14-18/h2-4,11-12,16,18-19,24,28H,5-10,13-15H2,1H3,(H,25,26,27)/t18-,19?/m0/s1. The first-order valence-electron chi connectivity index (χ1n) is 11.1. The second kappa shape index (κ2) is 10.9. The average molecular weight is 429 g/mol. The highest BCUT2D eigenvalue weighted by atomic mass is 16.5. The normalized spacial score (nSPS) is 20.5. The van der Waals surface area contributed by atoms with E-state index in [1.807, 2.05) is 24.3 Å². The Hall–Kier alpha value is -2.26. The van der Waals surface area contributed by atoms with Gasteiger partial charge in [0.1, 0.15) is 18.5 Å². The van der Waals surface area contributed by atoms with Crippen LogP contribution in [0, 0.1) is 0 Å². The Bertz CT molecular complexity index is 838. The van der Waals surface area contributed by atoms with Crippen LogP contribution < -0.4 is 15.4 Å². The molecule has 168 valence electrons. The summed E-state index contributed by atoms with van der Waals surface area (Å²) in [4.78, 5) is 9.65. The maximum atomic E-state index is 9.91. The highest BCUT2D eigenvalue weighted by Crippen LogP contribution is 2.30. The maximum Gasteiger partial charge on any atom is 0.223 e. The second-order valence-electron chi connectivity index (χ2n) is 8.14. The molecule has 31 heavy (non-hydrogen) atoms. The molecule has 0 saturated carbocycles. The molecule has 0 bridgehead atoms. The van der Waals surface area contributed by atoms with Crippen molar-refractivity contribution in [3.8, 4) is 17.0 Å². The third-order valence-electron chi connectivity index (χ3n) is 5.66. The van der Waals surface area contributed by atoms with Gasteiger partial charge in [-0.2, -0.15) is 0 Å². The molecular weight excluding hydrogens is 396 g/mol. The van der Waals surface area contributed by atoms with Crippen molar-refractivity contribution in [1.82, 2.24) is 15.3 Å². The highest BCUT2D eigenvalue weighted by Gasteiger charge is 2.22. The summed E-state index contributed by atoms with van der Waals surface area (Å²) in [7, 11) is 1.80. The topological polar surface area (TPSA) is 97.8 Å². The molecule has 3 heterocycles. The Labute approximate surface area is 183 Å². The minimum Gasteiger partial charge on any atom is -0.491 e. The average Bonchev–Trinajstić information content (AvgIpc) is 3.31. The molecule has 2 saturated heterocycles. The van der Waals surface area contributed by atoms with Crippen LogP contribution in [0.4, 0.5) is 5.95 Å². The lowest BCUT2D eigenvalue weighted by molar-refractivity contribution is 0.0845. The van der Waals surface area contributed by atoms with Gasteiger partial charge in [-0.25, -0.2) is 9.97 Å². The van der Waals surface area contributed by atoms with Gasteiger partial charge >= 0.3 is 0 Å². The third kappa shape index (κ3) is 6.13. The van der Waals surface area contributed by atoms with E-state index in [1.54, 1.807) is 7.05 Å². The van der Waals surface area contributed by atoms with E-state index in [0.29, 0.717) is 30.8 Å². The van der Waals surface area contributed by atoms with E-state index < -0.39 is 6.10 Å². The zero-order valence-corrected chi connectivity index (χ0v) is 18.0. The quantitative estimate of drug-likeness (QED) is 0.559. The van der Waals surface area contributed by atoms with Gasteiger partial charge in [0.15, 0.2) is 0 Å². The number of aliphatic hydroxyl groups excluding tert-OH is 1. The van der Waals surface area contributed by atoms with E-state index in [1.165, 1.54) is 0 Å². The number of hydrogen-bond donors (Lipinski definition) is 3. The van der Waals surface area contributed by atoms with Crippen LogP contribution in [0.2, 0.25) is 0 Å². The summed E-state index contributed by atoms with van der Waals surface area (Å²) < 4.78 is 16.8. The van der Waals surface area contributed by atoms with Crippen LogP contribution in [0.1, 0.15) is 30.9 Å². The van der Waals surface area contributed by atoms with Gasteiger partial charge in [0.05, 0.1) is 18.3 Å². The molecular formula is C23H32N4O4. The van der Waals surface area contributed by atoms with Crippen LogP contribution >= 0.6 is 0 Å². The molecule has 0 radical (unpaired) electrons. The van der Waals surface area contributed by atoms with Crippen molar-refractivity contribution < 1.29 is 19.3 Å². The second-order valence-corrected chi connectivity index (χ2v) is 8.14. The molecule has 8 nitrogen and oxygen atoms in total. The van der Waals surface area contributed by atoms with Gasteiger partial charge in [-0.3, -0.25) is 0 Å². The van der Waals surface area contributed by atoms with Gasteiger partial charge < -0.3 is 30.0 Å². The van der Waals surface area contributed by atoms with Gasteiger partial charge in [-0.15, -0.1) is 0 Å². The number of anilines is 1. The molecule has 2 fully saturated rings. The molecule has 0 amide bonds. The van der Waals surface area contributed by atoms with Gasteiger partial charge in [0, 0.05) is 43.5 Å². The molecule has 8 heteroatoms. The van der Waals surface area contributed by atoms with E-state index in [4.69, 9.17) is 24.2 Å². The van der Waals surface area contributed by atoms with E-state index >= 15 is 0 Å². The molecule has 2 aliphatic heterocycles. The molecule has 2 atom stereocenters. The molecule has 4 rings (SSSR count). The molecule has 2 aliphatic rings. The Kier molecular flexibility index (Phi) is 7.69. The van der Waals surface area contributed by atoms with Gasteiger partial charge in [-0.1, -0.05) is 12.1 Å². The summed E-state index contributed by atoms with van der Waals surface area (Å²) in [6.07, 6.45) is 2.33. The van der Waals surface area contributed by atoms with Crippen molar-refractivity contribution >= 4 is 5.95 Å². The van der Waals surface area contributed by atoms with Crippen LogP contribution in [0.15, 0.2) is 30.3 Å². The highest BCUT2D eigenvalue weighted by molar-refractivity contribution is 5.63. The van der Waals surface area contributed by atoms with E-state index in [-0.39, 0.29) is 12.6 Å². The Morgan fingerprint density at radius 2 is 1.97 bits per heavy atom. The first kappa shape index (κ1) is 22.0. The zero-order chi connectivity index (χ0) is 21.5. The number of hydrogen-bond acceptors (Lipinski definition) is 8. The summed E-state index contributed by atoms with van der Waals surface area (Å²) >= 11 is 0. The van der Waals surface area contributed by atoms with Crippen molar-refractivity contribution in [3.63, 3.8) is 0 Å². The Morgan fingerprint density at radius 1 is 1.13 bits per heavy atom. The molecule has 1 aromatic carbocycles. The van der Waals surface area contributed by atoms with E-state index in [9.17, 15) is 5.11 Å². The van der Waals surface area contributed by atoms with Gasteiger partial charge in [-0.05, 0) is 44.5 Å². The van der Waals surface area contributed by atoms with E-state index in [0.717, 1.165) is 56.0 Å². The van der Waals surface area contributed by atoms with Crippen molar-refractivity contribution in [3.05, 3.63) is 36.0 Å². The van der Waals surface area contributed by atoms with Crippen LogP contribution in [0.5, 0.6) is 5.75 Å². The fourth-order valence-electron chi connectivity index (χ4n) is 3.94. The number of rotatable bonds is 9. The monoisotopic (exact) mass is 428 g/mol. The predicted molar refractivity (Wildman–Crippen MR) is 119 cm³/mol. The number of ether oxygens (including phenoxy) is 3. The number of benzene rings is 1. The Balaban J connectivity index is 1.57. The summed E-state index contributed by atoms with van der Waals surface area (Å²) in [5, 5.41) is 16.3. The lowest BCUT2D eigenvalue weighted by Gasteiger charge is -2.23. The van der Waals surface area contributed by atoms with E-state index in [2.05, 4.69) is 16.7 Å². The number of likely N-dealkylation sites (N-methyl/N-ethyl adjacent to an activating group) is 1. The fourth-order valence-corrected chi connectivity index (χ4v) is 3.94. The van der Waals surface area contributed by atoms with Crippen LogP contribution in [-0.2, 0) is 9.47 Å². The van der Waals surface area contributed by atoms with Crippen molar-refractivity contribution in [1.29, 1.82) is 0 Å². The lowest BCUT2D eigenvalue weighted by Crippen LogP contribution is -2.29. The molecule has 3 N–H and O–H groups in total. The number of aromatic nitrogens is 2. The SMILES string of the molecule is CNCC(O)COc1cccc(-c2cc(C3CCOCC3)nc(N[C@H]3CCOC3)n2)c1. The summed E-state index contributed by atoms with van der Waals surface area (Å²) in [6, 6.07) is 10.1. The predicted octanol–water partition coefficient (Wildman–Crippen LogP) is 2.20. The fraction of sp³-hybridized carbons (Fsp3) is 0.565. The molecule has 0 spiro atoms. The summed E-state index contributed by atoms with van der Waals surface area (Å²) in [6.45, 7) is 3.69. The third-order valence-corrected chi connectivity index (χ3v) is 5.66. The van der Waals surface area contributed by atoms with Gasteiger partial charge in [0.25, 0.3) is 0 Å². The molecule has 0 aliphatic carbocycles. The van der Waals surface area contributed by atoms with Crippen LogP contribution in [0.25, 0.3) is 11.3 Å². The number of aliphatic hydroxyl groups is 1. The first-order valence-corrected chi connectivity index (χ1v) is 11.1. The van der Waals surface area contributed by atoms with Crippen LogP contribution in [0.3, 0.4) is 0 Å². The molecule has 1 unspecified atom stereocenters. The van der Waals surface area contributed by atoms with Gasteiger partial charge in [0.2, 0.25) is 5.95 Å². The maximum absolute atomic E-state index is 9.91. The minimum atomic E-state index is -0.558. The van der Waals surface area contributed by atoms with Crippen molar-refractivity contribution in [2.24, 2.45) is 0 Å². The zero-order valence-electron chi connectivity index (χ0n) is 18.0. The number of nitrogens with zero attached hydrogens (tertiary/aromatic N) is 2. The van der Waals surface area contributed by atoms with Crippen molar-refractivity contribution in [2.45, 2.75) is 37.3 Å². The largest absolute Gasteiger partial charge is 0.491 e.